The fraction of sp³-hybridized carbons (Fsp3) is 0.471. The summed E-state index contributed by atoms with van der Waals surface area (Å²) in [6, 6.07) is 6.23. The van der Waals surface area contributed by atoms with Gasteiger partial charge in [-0.25, -0.2) is 0 Å². The molecule has 3 rings (SSSR count). The molecule has 1 saturated heterocycles. The summed E-state index contributed by atoms with van der Waals surface area (Å²) in [5, 5.41) is 2.28. The lowest BCUT2D eigenvalue weighted by atomic mass is 9.80. The standard InChI is InChI=1S/C17H23N3/c1-17(2,3)12-7-9-20(11-12)16-5-4-15(18)14-10-19-8-6-13(14)16/h4-6,8,10,12H,7,9,11,18H2,1-3H3. The van der Waals surface area contributed by atoms with Crippen LogP contribution >= 0.6 is 0 Å². The minimum atomic E-state index is 0.375. The number of nitrogens with two attached hydrogens (primary N) is 1. The molecule has 3 nitrogen and oxygen atoms in total. The first kappa shape index (κ1) is 13.2. The highest BCUT2D eigenvalue weighted by Gasteiger charge is 2.32. The quantitative estimate of drug-likeness (QED) is 0.803. The Bertz CT molecular complexity index is 628. The molecule has 3 heteroatoms. The Kier molecular flexibility index (Phi) is 3.08. The van der Waals surface area contributed by atoms with E-state index in [9.17, 15) is 0 Å². The summed E-state index contributed by atoms with van der Waals surface area (Å²) in [6.07, 6.45) is 4.98. The third kappa shape index (κ3) is 2.21. The molecule has 1 fully saturated rings. The fourth-order valence-corrected chi connectivity index (χ4v) is 3.16. The van der Waals surface area contributed by atoms with E-state index in [4.69, 9.17) is 5.73 Å². The summed E-state index contributed by atoms with van der Waals surface area (Å²) in [4.78, 5) is 6.69. The minimum Gasteiger partial charge on any atom is -0.398 e. The van der Waals surface area contributed by atoms with E-state index >= 15 is 0 Å². The van der Waals surface area contributed by atoms with Crippen molar-refractivity contribution in [3.63, 3.8) is 0 Å². The van der Waals surface area contributed by atoms with Gasteiger partial charge in [-0.3, -0.25) is 4.98 Å². The molecular formula is C17H23N3. The van der Waals surface area contributed by atoms with Crippen molar-refractivity contribution >= 4 is 22.1 Å². The number of nitrogens with zero attached hydrogens (tertiary/aromatic N) is 2. The number of fused-ring (bicyclic) bond motifs is 1. The second kappa shape index (κ2) is 4.65. The van der Waals surface area contributed by atoms with Gasteiger partial charge in [0.1, 0.15) is 0 Å². The van der Waals surface area contributed by atoms with Crippen LogP contribution < -0.4 is 10.6 Å². The maximum absolute atomic E-state index is 6.06. The molecule has 2 aromatic rings. The van der Waals surface area contributed by atoms with Crippen LogP contribution in [-0.4, -0.2) is 18.1 Å². The van der Waals surface area contributed by atoms with Crippen molar-refractivity contribution in [2.24, 2.45) is 11.3 Å². The van der Waals surface area contributed by atoms with Crippen LogP contribution in [0.2, 0.25) is 0 Å². The van der Waals surface area contributed by atoms with Crippen LogP contribution in [0.25, 0.3) is 10.8 Å². The van der Waals surface area contributed by atoms with Crippen molar-refractivity contribution in [1.82, 2.24) is 4.98 Å². The minimum absolute atomic E-state index is 0.375. The molecule has 0 aliphatic carbocycles. The van der Waals surface area contributed by atoms with Crippen LogP contribution in [0.5, 0.6) is 0 Å². The zero-order valence-corrected chi connectivity index (χ0v) is 12.6. The molecule has 20 heavy (non-hydrogen) atoms. The Morgan fingerprint density at radius 1 is 1.20 bits per heavy atom. The third-order valence-electron chi connectivity index (χ3n) is 4.58. The van der Waals surface area contributed by atoms with Crippen LogP contribution in [0.4, 0.5) is 11.4 Å². The van der Waals surface area contributed by atoms with Gasteiger partial charge in [0.05, 0.1) is 0 Å². The van der Waals surface area contributed by atoms with E-state index in [0.29, 0.717) is 5.41 Å². The van der Waals surface area contributed by atoms with Crippen molar-refractivity contribution in [2.45, 2.75) is 27.2 Å². The summed E-state index contributed by atoms with van der Waals surface area (Å²) in [6.45, 7) is 9.28. The number of benzene rings is 1. The molecule has 106 valence electrons. The van der Waals surface area contributed by atoms with E-state index in [2.05, 4.69) is 42.8 Å². The number of hydrogen-bond donors (Lipinski definition) is 1. The Hall–Kier alpha value is -1.77. The monoisotopic (exact) mass is 269 g/mol. The largest absolute Gasteiger partial charge is 0.398 e. The molecule has 1 aromatic heterocycles. The molecule has 1 aromatic carbocycles. The highest BCUT2D eigenvalue weighted by atomic mass is 15.2. The second-order valence-corrected chi connectivity index (χ2v) is 6.89. The van der Waals surface area contributed by atoms with Crippen molar-refractivity contribution in [3.05, 3.63) is 30.6 Å². The molecule has 2 N–H and O–H groups in total. The number of aromatic nitrogens is 1. The lowest BCUT2D eigenvalue weighted by molar-refractivity contribution is 0.263. The van der Waals surface area contributed by atoms with Gasteiger partial charge in [0, 0.05) is 47.6 Å². The first-order valence-electron chi connectivity index (χ1n) is 7.34. The number of anilines is 2. The van der Waals surface area contributed by atoms with Crippen molar-refractivity contribution in [3.8, 4) is 0 Å². The third-order valence-corrected chi connectivity index (χ3v) is 4.58. The van der Waals surface area contributed by atoms with Gasteiger partial charge in [-0.2, -0.15) is 0 Å². The van der Waals surface area contributed by atoms with Crippen LogP contribution in [0.15, 0.2) is 30.6 Å². The molecule has 2 heterocycles. The Labute approximate surface area is 120 Å². The van der Waals surface area contributed by atoms with Gasteiger partial charge in [-0.15, -0.1) is 0 Å². The van der Waals surface area contributed by atoms with Crippen molar-refractivity contribution in [2.75, 3.05) is 23.7 Å². The first-order valence-corrected chi connectivity index (χ1v) is 7.34. The molecule has 0 radical (unpaired) electrons. The molecule has 0 spiro atoms. The summed E-state index contributed by atoms with van der Waals surface area (Å²) in [7, 11) is 0. The summed E-state index contributed by atoms with van der Waals surface area (Å²) in [5.41, 5.74) is 8.54. The molecule has 0 amide bonds. The summed E-state index contributed by atoms with van der Waals surface area (Å²) >= 11 is 0. The normalized spacial score (nSPS) is 19.8. The zero-order valence-electron chi connectivity index (χ0n) is 12.6. The van der Waals surface area contributed by atoms with Crippen LogP contribution in [-0.2, 0) is 0 Å². The van der Waals surface area contributed by atoms with E-state index in [0.717, 1.165) is 30.1 Å². The lowest BCUT2D eigenvalue weighted by Gasteiger charge is -2.28. The van der Waals surface area contributed by atoms with E-state index in [1.807, 2.05) is 18.5 Å². The molecular weight excluding hydrogens is 246 g/mol. The van der Waals surface area contributed by atoms with Gasteiger partial charge >= 0.3 is 0 Å². The number of nitrogen functional groups attached to an aromatic ring is 1. The molecule has 1 aliphatic rings. The SMILES string of the molecule is CC(C)(C)C1CCN(c2ccc(N)c3cnccc23)C1. The Morgan fingerprint density at radius 2 is 2.00 bits per heavy atom. The van der Waals surface area contributed by atoms with Gasteiger partial charge in [-0.05, 0) is 36.0 Å². The number of pyridine rings is 1. The van der Waals surface area contributed by atoms with Gasteiger partial charge in [0.15, 0.2) is 0 Å². The average Bonchev–Trinajstić information content (AvgIpc) is 2.89. The topological polar surface area (TPSA) is 42.1 Å². The summed E-state index contributed by atoms with van der Waals surface area (Å²) < 4.78 is 0. The molecule has 1 unspecified atom stereocenters. The molecule has 1 atom stereocenters. The zero-order chi connectivity index (χ0) is 14.3. The van der Waals surface area contributed by atoms with Gasteiger partial charge < -0.3 is 10.6 Å². The van der Waals surface area contributed by atoms with Crippen LogP contribution in [0.3, 0.4) is 0 Å². The fourth-order valence-electron chi connectivity index (χ4n) is 3.16. The second-order valence-electron chi connectivity index (χ2n) is 6.89. The van der Waals surface area contributed by atoms with E-state index in [-0.39, 0.29) is 0 Å². The highest BCUT2D eigenvalue weighted by molar-refractivity contribution is 6.00. The number of rotatable bonds is 1. The maximum atomic E-state index is 6.06. The Balaban J connectivity index is 1.98. The lowest BCUT2D eigenvalue weighted by Crippen LogP contribution is -2.25. The summed E-state index contributed by atoms with van der Waals surface area (Å²) in [5.74, 6) is 0.747. The number of hydrogen-bond acceptors (Lipinski definition) is 3. The van der Waals surface area contributed by atoms with E-state index < -0.39 is 0 Å². The first-order chi connectivity index (χ1) is 9.47. The predicted molar refractivity (Wildman–Crippen MR) is 85.9 cm³/mol. The predicted octanol–water partition coefficient (Wildman–Crippen LogP) is 3.69. The highest BCUT2D eigenvalue weighted by Crippen LogP contribution is 2.38. The van der Waals surface area contributed by atoms with Crippen molar-refractivity contribution < 1.29 is 0 Å². The van der Waals surface area contributed by atoms with Gasteiger partial charge in [-0.1, -0.05) is 20.8 Å². The van der Waals surface area contributed by atoms with E-state index in [1.54, 1.807) is 0 Å². The van der Waals surface area contributed by atoms with Crippen LogP contribution in [0.1, 0.15) is 27.2 Å². The average molecular weight is 269 g/mol. The molecule has 1 aliphatic heterocycles. The van der Waals surface area contributed by atoms with Crippen LogP contribution in [0, 0.1) is 11.3 Å². The van der Waals surface area contributed by atoms with Crippen molar-refractivity contribution in [1.29, 1.82) is 0 Å². The molecule has 0 saturated carbocycles. The van der Waals surface area contributed by atoms with Gasteiger partial charge in [0.25, 0.3) is 0 Å². The molecule has 0 bridgehead atoms. The maximum Gasteiger partial charge on any atom is 0.0448 e. The Morgan fingerprint density at radius 3 is 2.70 bits per heavy atom. The van der Waals surface area contributed by atoms with Gasteiger partial charge in [0.2, 0.25) is 0 Å². The van der Waals surface area contributed by atoms with E-state index in [1.165, 1.54) is 17.5 Å². The smallest absolute Gasteiger partial charge is 0.0448 e.